The number of rotatable bonds is 18. The molecule has 490 valence electrons. The molecule has 0 aromatic rings. The Morgan fingerprint density at radius 3 is 1.78 bits per heavy atom. The minimum atomic E-state index is -5.13. The molecule has 0 unspecified atom stereocenters. The summed E-state index contributed by atoms with van der Waals surface area (Å²) in [5.41, 5.74) is -1.31. The van der Waals surface area contributed by atoms with Gasteiger partial charge in [-0.1, -0.05) is 39.3 Å². The molecule has 28 nitrogen and oxygen atoms in total. The van der Waals surface area contributed by atoms with Crippen molar-refractivity contribution in [2.45, 2.75) is 278 Å². The van der Waals surface area contributed by atoms with Gasteiger partial charge in [0.25, 0.3) is 0 Å². The summed E-state index contributed by atoms with van der Waals surface area (Å²) in [7, 11) is -5.13. The summed E-state index contributed by atoms with van der Waals surface area (Å²) in [6, 6.07) is 0. The van der Waals surface area contributed by atoms with Gasteiger partial charge in [-0.15, -0.1) is 0 Å². The van der Waals surface area contributed by atoms with Gasteiger partial charge in [-0.2, -0.15) is 0 Å². The summed E-state index contributed by atoms with van der Waals surface area (Å²) >= 11 is 0. The molecule has 86 heavy (non-hydrogen) atoms. The average molecular weight is 1270 g/mol. The second kappa shape index (κ2) is 27.7. The zero-order chi connectivity index (χ0) is 62.3. The second-order valence-electron chi connectivity index (χ2n) is 26.6. The van der Waals surface area contributed by atoms with Gasteiger partial charge in [-0.25, -0.2) is 8.42 Å². The number of Topliss-reactive ketones (excluding diaryl/α,β-unsaturated/α-hetero) is 1. The van der Waals surface area contributed by atoms with E-state index in [1.165, 1.54) is 20.8 Å². The molecule has 33 atom stereocenters. The molecule has 9 aliphatic rings. The first kappa shape index (κ1) is 71.2. The summed E-state index contributed by atoms with van der Waals surface area (Å²) in [6.07, 6.45) is -37.5. The fourth-order valence-corrected chi connectivity index (χ4v) is 16.3. The fourth-order valence-electron chi connectivity index (χ4n) is 15.8. The normalized spacial score (nSPS) is 50.7. The van der Waals surface area contributed by atoms with Gasteiger partial charge in [-0.05, 0) is 113 Å². The molecule has 0 bridgehead atoms. The van der Waals surface area contributed by atoms with Crippen LogP contribution in [0.5, 0.6) is 0 Å². The topological polar surface area (TPSA) is 439 Å². The number of aliphatic hydroxyl groups excluding tert-OH is 12. The van der Waals surface area contributed by atoms with Gasteiger partial charge < -0.3 is 118 Å². The molecule has 0 radical (unpaired) electrons. The van der Waals surface area contributed by atoms with Crippen LogP contribution in [0.15, 0.2) is 11.6 Å². The van der Waals surface area contributed by atoms with E-state index in [0.717, 1.165) is 5.57 Å². The average Bonchev–Trinajstić information content (AvgIpc) is 1.30. The van der Waals surface area contributed by atoms with Crippen molar-refractivity contribution in [3.8, 4) is 0 Å². The second-order valence-corrected chi connectivity index (χ2v) is 27.7. The van der Waals surface area contributed by atoms with E-state index in [9.17, 15) is 84.1 Å². The number of carbonyl (C=O) groups excluding carboxylic acids is 1. The van der Waals surface area contributed by atoms with E-state index >= 15 is 0 Å². The molecule has 3 saturated carbocycles. The van der Waals surface area contributed by atoms with Crippen molar-refractivity contribution in [2.75, 3.05) is 13.2 Å². The monoisotopic (exact) mass is 1270 g/mol. The molecule has 8 fully saturated rings. The molecule has 0 aromatic heterocycles. The summed E-state index contributed by atoms with van der Waals surface area (Å²) in [4.78, 5) is 13.2. The van der Waals surface area contributed by atoms with Crippen LogP contribution in [0, 0.1) is 40.4 Å². The van der Waals surface area contributed by atoms with Crippen molar-refractivity contribution in [3.05, 3.63) is 11.6 Å². The summed E-state index contributed by atoms with van der Waals surface area (Å²) in [6.45, 7) is 12.5. The molecule has 9 rings (SSSR count). The van der Waals surface area contributed by atoms with Gasteiger partial charge in [0.2, 0.25) is 10.4 Å². The van der Waals surface area contributed by atoms with E-state index in [0.29, 0.717) is 38.5 Å². The fraction of sp³-hybridized carbons (Fsp3) is 0.946. The number of hydrogen-bond donors (Lipinski definition) is 13. The Hall–Kier alpha value is -0.640. The van der Waals surface area contributed by atoms with Crippen molar-refractivity contribution >= 4 is 16.2 Å². The van der Waals surface area contributed by atoms with Gasteiger partial charge in [0.05, 0.1) is 49.3 Å². The number of fused-ring (bicyclic) bond motifs is 5. The van der Waals surface area contributed by atoms with Crippen LogP contribution in [0.3, 0.4) is 0 Å². The van der Waals surface area contributed by atoms with Gasteiger partial charge in [0, 0.05) is 12.8 Å². The van der Waals surface area contributed by atoms with Gasteiger partial charge in [0.15, 0.2) is 31.5 Å². The van der Waals surface area contributed by atoms with E-state index in [2.05, 4.69) is 19.9 Å². The molecule has 0 spiro atoms. The van der Waals surface area contributed by atoms with Crippen LogP contribution in [0.1, 0.15) is 113 Å². The van der Waals surface area contributed by atoms with Gasteiger partial charge in [0.1, 0.15) is 103 Å². The first-order valence-electron chi connectivity index (χ1n) is 29.9. The van der Waals surface area contributed by atoms with E-state index in [1.807, 2.05) is 13.8 Å². The number of allylic oxidation sites excluding steroid dienone is 2. The molecule has 13 N–H and O–H groups in total. The van der Waals surface area contributed by atoms with E-state index in [4.69, 9.17) is 51.6 Å². The van der Waals surface area contributed by atoms with Crippen molar-refractivity contribution in [1.82, 2.24) is 0 Å². The van der Waals surface area contributed by atoms with Crippen LogP contribution < -0.4 is 29.6 Å². The van der Waals surface area contributed by atoms with Crippen LogP contribution in [0.2, 0.25) is 0 Å². The molecule has 0 aromatic carbocycles. The molecule has 4 aliphatic carbocycles. The van der Waals surface area contributed by atoms with Crippen LogP contribution in [0.4, 0.5) is 0 Å². The Kier molecular flexibility index (Phi) is 23.0. The Balaban J connectivity index is 0.00000961. The molecule has 5 heterocycles. The molecule has 5 aliphatic heterocycles. The number of ketones is 1. The maximum atomic E-state index is 13.2. The summed E-state index contributed by atoms with van der Waals surface area (Å²) < 4.78 is 102. The van der Waals surface area contributed by atoms with E-state index in [-0.39, 0.29) is 78.3 Å². The van der Waals surface area contributed by atoms with Crippen molar-refractivity contribution in [2.24, 2.45) is 40.4 Å². The number of carbonyl (C=O) groups is 1. The van der Waals surface area contributed by atoms with Gasteiger partial charge >= 0.3 is 29.6 Å². The molecule has 30 heteroatoms. The van der Waals surface area contributed by atoms with Crippen molar-refractivity contribution in [1.29, 1.82) is 0 Å². The molecular weight excluding hydrogens is 1180 g/mol. The number of ether oxygens (including phenoxy) is 10. The summed E-state index contributed by atoms with van der Waals surface area (Å²) in [5.74, 6) is -0.864. The third-order valence-corrected chi connectivity index (χ3v) is 20.8. The maximum Gasteiger partial charge on any atom is 1.00 e. The van der Waals surface area contributed by atoms with E-state index < -0.39 is 206 Å². The molecular formula is C56H91NaO28S. The minimum absolute atomic E-state index is 0. The molecule has 0 amide bonds. The SMILES string of the molecule is CC(C)CC(=O)C[C@@](C)(O)[C@H]1CC[C@H]2[C@@H]3C[C@H](O[C@@H]4O[C@H](C)[C@@H](O)[C@H](O[C@@H]5OC[C@@H](O[C@@H]6O[C@H](CO)[C@H](O)[C@H](O)[C@H]6O[C@@H]6O[C@H](C)[C@@H](O)[C@H](O)[C@H]6O)[C@H](O)[C@H]5O[C@H]5O[C@@H](C)[C@H](O)[C@@H](O)[C@@H]5O)[C@H]4O)[C@H]4C[C@@H](OS(=O)(=O)[O-])CC[C@]4(C)C3=CC[C@@]21C.[Na+]. The molecule has 5 saturated heterocycles. The van der Waals surface area contributed by atoms with Crippen molar-refractivity contribution in [3.63, 3.8) is 0 Å². The first-order valence-corrected chi connectivity index (χ1v) is 31.2. The van der Waals surface area contributed by atoms with Crippen molar-refractivity contribution < 1.29 is 165 Å². The Morgan fingerprint density at radius 2 is 1.21 bits per heavy atom. The number of aliphatic hydroxyl groups is 13. The van der Waals surface area contributed by atoms with Crippen LogP contribution >= 0.6 is 0 Å². The zero-order valence-corrected chi connectivity index (χ0v) is 52.9. The third kappa shape index (κ3) is 14.2. The quantitative estimate of drug-likeness (QED) is 0.0263. The Bertz CT molecular complexity index is 2430. The Morgan fingerprint density at radius 1 is 0.663 bits per heavy atom. The van der Waals surface area contributed by atoms with Crippen LogP contribution in [-0.2, 0) is 66.7 Å². The first-order chi connectivity index (χ1) is 39.7. The van der Waals surface area contributed by atoms with Gasteiger partial charge in [-0.3, -0.25) is 8.98 Å². The zero-order valence-electron chi connectivity index (χ0n) is 50.1. The summed E-state index contributed by atoms with van der Waals surface area (Å²) in [5, 5.41) is 145. The predicted octanol–water partition coefficient (Wildman–Crippen LogP) is -6.02. The standard InChI is InChI=1S/C56H92O28S.Na/c1-21(2)15-25(58)18-56(8,70)34-10-9-28-27-17-31(30-16-26(84-85(71,72)73)11-13-54(30,6)29(27)12-14-55(28,34)7)78-51-45(69)46(37(61)24(5)77-51)81-52-47(82-49-43(67)40(64)35(59)22(3)75-49)39(63)33(20-74-52)80-53-48(42(66)38(62)32(19-57)79-53)83-50-44(68)41(65)36(60)23(4)76-50;/h12,21-24,26-28,30-53,57,59-70H,9-11,13-20H2,1-8H3,(H,71,72,73);/q;+1/p-1/t22-,23+,24+,26-,27-,28-,30+,31-,32+,33+,34-,35-,36+,37+,38-,39-,40+,41-,42-,43-,44+,45+,46-,47+,48+,49+,50-,51-,52-,53-,54+,55-,56+;/m0./s1. The Labute approximate surface area is 522 Å². The largest absolute Gasteiger partial charge is 1.00 e. The predicted molar refractivity (Wildman–Crippen MR) is 284 cm³/mol. The van der Waals surface area contributed by atoms with E-state index in [1.54, 1.807) is 6.92 Å². The van der Waals surface area contributed by atoms with Crippen LogP contribution in [-0.4, -0.2) is 264 Å². The maximum absolute atomic E-state index is 13.2. The minimum Gasteiger partial charge on any atom is -0.726 e. The number of hydrogen-bond acceptors (Lipinski definition) is 28. The van der Waals surface area contributed by atoms with Crippen LogP contribution in [0.25, 0.3) is 0 Å². The third-order valence-electron chi connectivity index (χ3n) is 20.3. The smallest absolute Gasteiger partial charge is 0.726 e.